The van der Waals surface area contributed by atoms with Crippen LogP contribution in [-0.2, 0) is 34.0 Å². The van der Waals surface area contributed by atoms with Gasteiger partial charge in [-0.15, -0.1) is 6.58 Å². The van der Waals surface area contributed by atoms with Crippen molar-refractivity contribution in [1.82, 2.24) is 19.9 Å². The number of fused-ring (bicyclic) bond motifs is 1. The minimum atomic E-state index is -5.77. The number of carbonyl (C=O) groups excluding carboxylic acids is 5. The Morgan fingerprint density at radius 3 is 2.08 bits per heavy atom. The fraction of sp³-hybridized carbons (Fsp3) is 0.450. The minimum Gasteiger partial charge on any atom is -0.497 e. The summed E-state index contributed by atoms with van der Waals surface area (Å²) in [7, 11) is -2.28. The van der Waals surface area contributed by atoms with E-state index < -0.39 is 92.0 Å². The third-order valence-electron chi connectivity index (χ3n) is 10.4. The number of likely N-dealkylation sites (tertiary alicyclic amines) is 1. The molecular formula is C40H43F6N5O9S. The Labute approximate surface area is 346 Å². The number of amides is 3. The van der Waals surface area contributed by atoms with E-state index in [4.69, 9.17) is 20.2 Å². The molecule has 14 nitrogen and oxygen atoms in total. The molecule has 2 heterocycles. The van der Waals surface area contributed by atoms with Crippen LogP contribution in [0.1, 0.15) is 46.5 Å². The number of Topliss-reactive ketones (excluding diaryl/α,β-unsaturated/α-hetero) is 2. The number of sulfonamides is 1. The number of aromatic nitrogens is 1. The Morgan fingerprint density at radius 1 is 0.967 bits per heavy atom. The third-order valence-corrected chi connectivity index (χ3v) is 12.2. The number of benzene rings is 2. The van der Waals surface area contributed by atoms with Gasteiger partial charge in [0.15, 0.2) is 0 Å². The first-order chi connectivity index (χ1) is 28.2. The van der Waals surface area contributed by atoms with Crippen molar-refractivity contribution in [2.24, 2.45) is 17.1 Å². The Hall–Kier alpha value is -5.57. The van der Waals surface area contributed by atoms with Crippen molar-refractivity contribution < 1.29 is 68.2 Å². The third kappa shape index (κ3) is 10.5. The molecule has 3 aromatic rings. The maximum absolute atomic E-state index is 14.1. The van der Waals surface area contributed by atoms with Crippen molar-refractivity contribution in [2.75, 3.05) is 13.7 Å². The molecule has 0 spiro atoms. The molecule has 1 aromatic heterocycles. The lowest BCUT2D eigenvalue weighted by molar-refractivity contribution is -0.193. The monoisotopic (exact) mass is 883 g/mol. The van der Waals surface area contributed by atoms with Crippen LogP contribution in [0.25, 0.3) is 22.2 Å². The first-order valence-corrected chi connectivity index (χ1v) is 20.3. The van der Waals surface area contributed by atoms with Crippen LogP contribution in [-0.4, -0.2) is 103 Å². The number of ketones is 2. The van der Waals surface area contributed by atoms with E-state index in [0.29, 0.717) is 35.6 Å². The number of alkyl halides is 6. The molecule has 0 radical (unpaired) electrons. The van der Waals surface area contributed by atoms with E-state index in [1.54, 1.807) is 7.11 Å². The standard InChI is InChI=1S/C36H43N5O7S.C4F6O2/c1-6-22-19-36(22,34(44)40-49(45,46)25-13-14-25)39-32(42)29-17-24(20-41(29)33(43)31(37)35(2,3)4)48-30-18-27(21-10-8-7-9-11-21)38-28-16-23(47-5)12-15-26(28)30;5-3(6,7)1(11)2(12)4(8,9)10/h6-12,15-16,18,22,24-25,29,31H,1,13-14,17,19-20,37H2,2-5H3,(H,39,42)(H,40,44);/t22-,24-,29?,31-,36-;/m1./s1. The molecule has 3 amide bonds. The molecule has 4 N–H and O–H groups in total. The molecule has 3 aliphatic rings. The topological polar surface area (TPSA) is 204 Å². The van der Waals surface area contributed by atoms with E-state index in [-0.39, 0.29) is 19.4 Å². The van der Waals surface area contributed by atoms with E-state index in [9.17, 15) is 58.7 Å². The van der Waals surface area contributed by atoms with Crippen LogP contribution in [0, 0.1) is 11.3 Å². The van der Waals surface area contributed by atoms with Crippen LogP contribution in [0.5, 0.6) is 11.5 Å². The highest BCUT2D eigenvalue weighted by Gasteiger charge is 2.62. The number of carbonyl (C=O) groups is 5. The van der Waals surface area contributed by atoms with Crippen LogP contribution in [0.4, 0.5) is 26.3 Å². The smallest absolute Gasteiger partial charge is 0.458 e. The lowest BCUT2D eigenvalue weighted by Crippen LogP contribution is -2.59. The first kappa shape index (κ1) is 46.5. The number of nitrogens with one attached hydrogen (secondary N) is 2. The maximum Gasteiger partial charge on any atom is 0.458 e. The molecule has 2 aromatic carbocycles. The van der Waals surface area contributed by atoms with E-state index >= 15 is 0 Å². The average Bonchev–Trinajstić information content (AvgIpc) is 4.12. The van der Waals surface area contributed by atoms with Gasteiger partial charge in [0.05, 0.1) is 36.2 Å². The molecule has 1 unspecified atom stereocenters. The molecule has 21 heteroatoms. The second-order valence-corrected chi connectivity index (χ2v) is 17.9. The number of nitrogens with zero attached hydrogens (tertiary/aromatic N) is 2. The number of rotatable bonds is 12. The highest BCUT2D eigenvalue weighted by molar-refractivity contribution is 7.91. The van der Waals surface area contributed by atoms with Crippen molar-refractivity contribution in [2.45, 2.75) is 87.8 Å². The molecule has 2 saturated carbocycles. The fourth-order valence-electron chi connectivity index (χ4n) is 6.54. The SMILES string of the molecule is C=C[C@@H]1C[C@]1(NC(=O)C1C[C@@H](Oc2cc(-c3ccccc3)nc3cc(OC)ccc23)CN1C(=O)[C@@H](N)C(C)(C)C)C(=O)NS(=O)(=O)C1CC1.O=C(C(=O)C(F)(F)F)C(F)(F)F. The zero-order valence-corrected chi connectivity index (χ0v) is 34.0. The number of ether oxygens (including phenoxy) is 2. The van der Waals surface area contributed by atoms with Crippen LogP contribution in [0.2, 0.25) is 0 Å². The van der Waals surface area contributed by atoms with Gasteiger partial charge >= 0.3 is 23.9 Å². The summed E-state index contributed by atoms with van der Waals surface area (Å²) >= 11 is 0. The number of hydrogen-bond acceptors (Lipinski definition) is 11. The van der Waals surface area contributed by atoms with Gasteiger partial charge < -0.3 is 25.4 Å². The molecule has 0 bridgehead atoms. The maximum atomic E-state index is 14.1. The van der Waals surface area contributed by atoms with E-state index in [0.717, 1.165) is 10.9 Å². The van der Waals surface area contributed by atoms with Crippen molar-refractivity contribution in [3.05, 3.63) is 67.3 Å². The van der Waals surface area contributed by atoms with E-state index in [1.165, 1.54) is 11.0 Å². The highest BCUT2D eigenvalue weighted by atomic mass is 32.2. The number of halogens is 6. The number of nitrogens with two attached hydrogens (primary N) is 1. The molecule has 330 valence electrons. The number of pyridine rings is 1. The second kappa shape index (κ2) is 17.1. The van der Waals surface area contributed by atoms with Gasteiger partial charge in [-0.3, -0.25) is 28.7 Å². The van der Waals surface area contributed by atoms with Crippen molar-refractivity contribution >= 4 is 50.2 Å². The van der Waals surface area contributed by atoms with Gasteiger partial charge in [0.25, 0.3) is 5.91 Å². The molecule has 1 saturated heterocycles. The lowest BCUT2D eigenvalue weighted by Gasteiger charge is -2.33. The van der Waals surface area contributed by atoms with E-state index in [2.05, 4.69) is 16.6 Å². The average molecular weight is 884 g/mol. The summed E-state index contributed by atoms with van der Waals surface area (Å²) in [6, 6.07) is 15.0. The number of hydrogen-bond donors (Lipinski definition) is 3. The summed E-state index contributed by atoms with van der Waals surface area (Å²) in [5.41, 5.74) is 6.52. The molecule has 61 heavy (non-hydrogen) atoms. The summed E-state index contributed by atoms with van der Waals surface area (Å²) in [4.78, 5) is 66.9. The van der Waals surface area contributed by atoms with Crippen LogP contribution >= 0.6 is 0 Å². The molecular weight excluding hydrogens is 841 g/mol. The summed E-state index contributed by atoms with van der Waals surface area (Å²) in [5.74, 6) is -7.98. The number of methoxy groups -OCH3 is 1. The fourth-order valence-corrected chi connectivity index (χ4v) is 7.90. The molecule has 5 atom stereocenters. The predicted molar refractivity (Wildman–Crippen MR) is 207 cm³/mol. The molecule has 2 aliphatic carbocycles. The van der Waals surface area contributed by atoms with Gasteiger partial charge in [0.1, 0.15) is 29.2 Å². The zero-order valence-electron chi connectivity index (χ0n) is 33.2. The van der Waals surface area contributed by atoms with Crippen molar-refractivity contribution in [3.8, 4) is 22.8 Å². The summed E-state index contributed by atoms with van der Waals surface area (Å²) in [6.07, 6.45) is -9.40. The van der Waals surface area contributed by atoms with Crippen molar-refractivity contribution in [3.63, 3.8) is 0 Å². The molecule has 3 fully saturated rings. The normalized spacial score (nSPS) is 22.0. The Bertz CT molecular complexity index is 2310. The Kier molecular flexibility index (Phi) is 13.0. The van der Waals surface area contributed by atoms with Gasteiger partial charge in [0.2, 0.25) is 21.8 Å². The Morgan fingerprint density at radius 2 is 1.57 bits per heavy atom. The lowest BCUT2D eigenvalue weighted by atomic mass is 9.86. The second-order valence-electron chi connectivity index (χ2n) is 15.9. The van der Waals surface area contributed by atoms with Gasteiger partial charge in [-0.05, 0) is 36.8 Å². The van der Waals surface area contributed by atoms with Crippen LogP contribution in [0.15, 0.2) is 67.3 Å². The first-order valence-electron chi connectivity index (χ1n) is 18.7. The molecule has 6 rings (SSSR count). The minimum absolute atomic E-state index is 0.0570. The summed E-state index contributed by atoms with van der Waals surface area (Å²) < 4.78 is 106. The van der Waals surface area contributed by atoms with Gasteiger partial charge in [-0.25, -0.2) is 13.4 Å². The van der Waals surface area contributed by atoms with Crippen LogP contribution in [0.3, 0.4) is 0 Å². The van der Waals surface area contributed by atoms with Gasteiger partial charge in [-0.1, -0.05) is 57.2 Å². The Balaban J connectivity index is 0.000000512. The van der Waals surface area contributed by atoms with Crippen molar-refractivity contribution in [1.29, 1.82) is 0 Å². The summed E-state index contributed by atoms with van der Waals surface area (Å²) in [6.45, 7) is 9.36. The quantitative estimate of drug-likeness (QED) is 0.131. The predicted octanol–water partition coefficient (Wildman–Crippen LogP) is 4.55. The zero-order chi connectivity index (χ0) is 45.5. The van der Waals surface area contributed by atoms with E-state index in [1.807, 2.05) is 75.4 Å². The molecule has 1 aliphatic heterocycles. The van der Waals surface area contributed by atoms with Gasteiger partial charge in [0, 0.05) is 35.4 Å². The largest absolute Gasteiger partial charge is 0.497 e. The summed E-state index contributed by atoms with van der Waals surface area (Å²) in [5, 5.41) is 2.92. The highest BCUT2D eigenvalue weighted by Crippen LogP contribution is 2.46. The van der Waals surface area contributed by atoms with Gasteiger partial charge in [-0.2, -0.15) is 26.3 Å². The van der Waals surface area contributed by atoms with Crippen LogP contribution < -0.4 is 25.2 Å².